The fraction of sp³-hybridized carbons (Fsp3) is 0.182. The Morgan fingerprint density at radius 2 is 2.11 bits per heavy atom. The zero-order chi connectivity index (χ0) is 13.2. The van der Waals surface area contributed by atoms with E-state index in [0.29, 0.717) is 0 Å². The summed E-state index contributed by atoms with van der Waals surface area (Å²) in [5.74, 6) is -0.136. The number of hydrogen-bond donors (Lipinski definition) is 0. The zero-order valence-electron chi connectivity index (χ0n) is 8.87. The summed E-state index contributed by atoms with van der Waals surface area (Å²) in [6, 6.07) is 5.24. The van der Waals surface area contributed by atoms with Crippen molar-refractivity contribution < 1.29 is 17.9 Å². The van der Waals surface area contributed by atoms with Gasteiger partial charge in [-0.2, -0.15) is 13.2 Å². The molecule has 0 unspecified atom stereocenters. The molecule has 0 aromatic carbocycles. The van der Waals surface area contributed by atoms with Crippen LogP contribution in [-0.2, 0) is 12.8 Å². The standard InChI is InChI=1S/C11H7ClF3NOS/c12-9-4-7(11(13,14)15)5-10(16-9)17-6-8-2-1-3-18-8/h1-5H,6H2. The van der Waals surface area contributed by atoms with Gasteiger partial charge in [0.05, 0.1) is 5.56 Å². The van der Waals surface area contributed by atoms with Crippen LogP contribution in [0.5, 0.6) is 5.88 Å². The molecule has 0 amide bonds. The summed E-state index contributed by atoms with van der Waals surface area (Å²) in [6.45, 7) is 0.169. The lowest BCUT2D eigenvalue weighted by molar-refractivity contribution is -0.137. The third-order valence-corrected chi connectivity index (χ3v) is 3.08. The molecule has 0 bridgehead atoms. The van der Waals surface area contributed by atoms with Gasteiger partial charge in [0, 0.05) is 10.9 Å². The number of ether oxygens (including phenoxy) is 1. The predicted molar refractivity (Wildman–Crippen MR) is 62.9 cm³/mol. The van der Waals surface area contributed by atoms with E-state index in [0.717, 1.165) is 17.0 Å². The predicted octanol–water partition coefficient (Wildman–Crippen LogP) is 4.39. The first-order chi connectivity index (χ1) is 8.45. The van der Waals surface area contributed by atoms with Crippen LogP contribution in [-0.4, -0.2) is 4.98 Å². The summed E-state index contributed by atoms with van der Waals surface area (Å²) in [5, 5.41) is 1.61. The number of nitrogens with zero attached hydrogens (tertiary/aromatic N) is 1. The van der Waals surface area contributed by atoms with E-state index in [2.05, 4.69) is 4.98 Å². The van der Waals surface area contributed by atoms with Crippen LogP contribution in [0.3, 0.4) is 0 Å². The van der Waals surface area contributed by atoms with Gasteiger partial charge in [-0.3, -0.25) is 0 Å². The summed E-state index contributed by atoms with van der Waals surface area (Å²) in [6.07, 6.45) is -4.46. The molecular weight excluding hydrogens is 287 g/mol. The summed E-state index contributed by atoms with van der Waals surface area (Å²) < 4.78 is 42.7. The monoisotopic (exact) mass is 293 g/mol. The van der Waals surface area contributed by atoms with Gasteiger partial charge in [0.15, 0.2) is 0 Å². The summed E-state index contributed by atoms with van der Waals surface area (Å²) in [5.41, 5.74) is -0.872. The maximum atomic E-state index is 12.5. The summed E-state index contributed by atoms with van der Waals surface area (Å²) >= 11 is 6.98. The van der Waals surface area contributed by atoms with Gasteiger partial charge in [-0.1, -0.05) is 17.7 Å². The van der Waals surface area contributed by atoms with E-state index in [-0.39, 0.29) is 17.6 Å². The van der Waals surface area contributed by atoms with Gasteiger partial charge in [-0.15, -0.1) is 11.3 Å². The number of hydrogen-bond acceptors (Lipinski definition) is 3. The number of rotatable bonds is 3. The van der Waals surface area contributed by atoms with Crippen LogP contribution in [0.2, 0.25) is 5.15 Å². The molecule has 7 heteroatoms. The third kappa shape index (κ3) is 3.36. The van der Waals surface area contributed by atoms with E-state index in [1.807, 2.05) is 17.5 Å². The highest BCUT2D eigenvalue weighted by molar-refractivity contribution is 7.09. The van der Waals surface area contributed by atoms with Crippen molar-refractivity contribution in [1.82, 2.24) is 4.98 Å². The molecule has 0 atom stereocenters. The van der Waals surface area contributed by atoms with Crippen molar-refractivity contribution in [2.24, 2.45) is 0 Å². The first kappa shape index (κ1) is 13.2. The molecular formula is C11H7ClF3NOS. The largest absolute Gasteiger partial charge is 0.472 e. The molecule has 0 radical (unpaired) electrons. The highest BCUT2D eigenvalue weighted by Crippen LogP contribution is 2.32. The van der Waals surface area contributed by atoms with Crippen LogP contribution in [0.1, 0.15) is 10.4 Å². The second-order valence-electron chi connectivity index (χ2n) is 3.38. The lowest BCUT2D eigenvalue weighted by Crippen LogP contribution is -2.06. The van der Waals surface area contributed by atoms with Crippen molar-refractivity contribution in [3.05, 3.63) is 45.2 Å². The fourth-order valence-corrected chi connectivity index (χ4v) is 2.07. The maximum absolute atomic E-state index is 12.5. The highest BCUT2D eigenvalue weighted by atomic mass is 35.5. The Hall–Kier alpha value is -1.27. The second-order valence-corrected chi connectivity index (χ2v) is 4.80. The topological polar surface area (TPSA) is 22.1 Å². The Bertz CT molecular complexity index is 528. The minimum Gasteiger partial charge on any atom is -0.472 e. The first-order valence-electron chi connectivity index (χ1n) is 4.85. The average molecular weight is 294 g/mol. The molecule has 2 nitrogen and oxygen atoms in total. The van der Waals surface area contributed by atoms with E-state index in [1.54, 1.807) is 0 Å². The van der Waals surface area contributed by atoms with Gasteiger partial charge in [-0.25, -0.2) is 4.98 Å². The molecule has 0 aliphatic heterocycles. The first-order valence-corrected chi connectivity index (χ1v) is 6.11. The highest BCUT2D eigenvalue weighted by Gasteiger charge is 2.31. The van der Waals surface area contributed by atoms with Crippen molar-refractivity contribution in [1.29, 1.82) is 0 Å². The quantitative estimate of drug-likeness (QED) is 0.783. The molecule has 0 aliphatic rings. The number of pyridine rings is 1. The molecule has 2 rings (SSSR count). The molecule has 0 saturated carbocycles. The Morgan fingerprint density at radius 1 is 1.33 bits per heavy atom. The molecule has 18 heavy (non-hydrogen) atoms. The maximum Gasteiger partial charge on any atom is 0.416 e. The van der Waals surface area contributed by atoms with Gasteiger partial charge in [0.25, 0.3) is 0 Å². The summed E-state index contributed by atoms with van der Waals surface area (Å²) in [7, 11) is 0. The zero-order valence-corrected chi connectivity index (χ0v) is 10.4. The lowest BCUT2D eigenvalue weighted by atomic mass is 10.2. The minimum absolute atomic E-state index is 0.136. The van der Waals surface area contributed by atoms with Gasteiger partial charge in [0.1, 0.15) is 11.8 Å². The Labute approximate surface area is 110 Å². The molecule has 2 aromatic rings. The molecule has 0 N–H and O–H groups in total. The van der Waals surface area contributed by atoms with Gasteiger partial charge in [0.2, 0.25) is 5.88 Å². The van der Waals surface area contributed by atoms with Crippen LogP contribution in [0.25, 0.3) is 0 Å². The van der Waals surface area contributed by atoms with Crippen LogP contribution < -0.4 is 4.74 Å². The number of thiophene rings is 1. The van der Waals surface area contributed by atoms with Crippen molar-refractivity contribution in [2.75, 3.05) is 0 Å². The molecule has 2 heterocycles. The lowest BCUT2D eigenvalue weighted by Gasteiger charge is -2.09. The molecule has 0 fully saturated rings. The normalized spacial score (nSPS) is 11.6. The molecule has 0 spiro atoms. The smallest absolute Gasteiger partial charge is 0.416 e. The van der Waals surface area contributed by atoms with Crippen molar-refractivity contribution in [3.63, 3.8) is 0 Å². The van der Waals surface area contributed by atoms with Crippen LogP contribution in [0, 0.1) is 0 Å². The molecule has 96 valence electrons. The van der Waals surface area contributed by atoms with Gasteiger partial charge in [-0.05, 0) is 17.5 Å². The van der Waals surface area contributed by atoms with E-state index < -0.39 is 11.7 Å². The average Bonchev–Trinajstić information content (AvgIpc) is 2.77. The molecule has 0 saturated heterocycles. The Kier molecular flexibility index (Phi) is 3.77. The SMILES string of the molecule is FC(F)(F)c1cc(Cl)nc(OCc2cccs2)c1. The van der Waals surface area contributed by atoms with Crippen molar-refractivity contribution in [3.8, 4) is 5.88 Å². The van der Waals surface area contributed by atoms with Gasteiger partial charge >= 0.3 is 6.18 Å². The third-order valence-electron chi connectivity index (χ3n) is 2.04. The van der Waals surface area contributed by atoms with Crippen molar-refractivity contribution >= 4 is 22.9 Å². The minimum atomic E-state index is -4.46. The number of alkyl halides is 3. The number of halogens is 4. The number of aromatic nitrogens is 1. The van der Waals surface area contributed by atoms with E-state index in [9.17, 15) is 13.2 Å². The van der Waals surface area contributed by atoms with Crippen LogP contribution >= 0.6 is 22.9 Å². The molecule has 0 aliphatic carbocycles. The van der Waals surface area contributed by atoms with Crippen molar-refractivity contribution in [2.45, 2.75) is 12.8 Å². The molecule has 2 aromatic heterocycles. The van der Waals surface area contributed by atoms with Crippen LogP contribution in [0.15, 0.2) is 29.6 Å². The van der Waals surface area contributed by atoms with Crippen LogP contribution in [0.4, 0.5) is 13.2 Å². The van der Waals surface area contributed by atoms with E-state index >= 15 is 0 Å². The Morgan fingerprint density at radius 3 is 2.72 bits per heavy atom. The van der Waals surface area contributed by atoms with E-state index in [4.69, 9.17) is 16.3 Å². The van der Waals surface area contributed by atoms with Gasteiger partial charge < -0.3 is 4.74 Å². The fourth-order valence-electron chi connectivity index (χ4n) is 1.25. The van der Waals surface area contributed by atoms with E-state index in [1.165, 1.54) is 11.3 Å². The summed E-state index contributed by atoms with van der Waals surface area (Å²) in [4.78, 5) is 4.59. The Balaban J connectivity index is 2.15. The second kappa shape index (κ2) is 5.16.